The van der Waals surface area contributed by atoms with Crippen molar-refractivity contribution in [3.8, 4) is 0 Å². The summed E-state index contributed by atoms with van der Waals surface area (Å²) < 4.78 is 0. The van der Waals surface area contributed by atoms with Gasteiger partial charge in [0.15, 0.2) is 0 Å². The standard InChI is InChI=1S/C10H16N2.2ClH/c1-8(2)12(3)10-7-5-4-6-9(10)11;;/h4-8H,11H2,1-3H3;2*1H. The number of benzene rings is 1. The van der Waals surface area contributed by atoms with Gasteiger partial charge in [0.1, 0.15) is 0 Å². The van der Waals surface area contributed by atoms with E-state index in [1.807, 2.05) is 24.3 Å². The first-order chi connectivity index (χ1) is 5.63. The molecule has 1 rings (SSSR count). The molecule has 0 unspecified atom stereocenters. The third-order valence-corrected chi connectivity index (χ3v) is 2.09. The van der Waals surface area contributed by atoms with Gasteiger partial charge >= 0.3 is 0 Å². The second kappa shape index (κ2) is 6.80. The summed E-state index contributed by atoms with van der Waals surface area (Å²) in [7, 11) is 2.05. The van der Waals surface area contributed by atoms with Gasteiger partial charge in [-0.05, 0) is 26.0 Å². The highest BCUT2D eigenvalue weighted by molar-refractivity contribution is 5.85. The summed E-state index contributed by atoms with van der Waals surface area (Å²) in [5.41, 5.74) is 7.76. The number of hydrogen-bond acceptors (Lipinski definition) is 2. The summed E-state index contributed by atoms with van der Waals surface area (Å²) in [4.78, 5) is 2.16. The first-order valence-corrected chi connectivity index (χ1v) is 4.20. The van der Waals surface area contributed by atoms with Crippen LogP contribution in [0.1, 0.15) is 13.8 Å². The minimum atomic E-state index is 0. The Morgan fingerprint density at radius 3 is 2.07 bits per heavy atom. The van der Waals surface area contributed by atoms with Gasteiger partial charge in [-0.15, -0.1) is 24.8 Å². The molecule has 0 bridgehead atoms. The van der Waals surface area contributed by atoms with E-state index in [-0.39, 0.29) is 24.8 Å². The molecule has 0 amide bonds. The first-order valence-electron chi connectivity index (χ1n) is 4.20. The summed E-state index contributed by atoms with van der Waals surface area (Å²) in [5, 5.41) is 0. The van der Waals surface area contributed by atoms with Crippen LogP contribution in [-0.2, 0) is 0 Å². The van der Waals surface area contributed by atoms with Gasteiger partial charge in [-0.2, -0.15) is 0 Å². The molecule has 0 saturated heterocycles. The molecular weight excluding hydrogens is 219 g/mol. The minimum Gasteiger partial charge on any atom is -0.397 e. The quantitative estimate of drug-likeness (QED) is 0.801. The van der Waals surface area contributed by atoms with Crippen molar-refractivity contribution in [3.63, 3.8) is 0 Å². The van der Waals surface area contributed by atoms with E-state index in [0.717, 1.165) is 11.4 Å². The van der Waals surface area contributed by atoms with Crippen molar-refractivity contribution in [2.75, 3.05) is 17.7 Å². The van der Waals surface area contributed by atoms with Crippen molar-refractivity contribution in [2.24, 2.45) is 0 Å². The zero-order valence-electron chi connectivity index (χ0n) is 8.73. The molecule has 14 heavy (non-hydrogen) atoms. The van der Waals surface area contributed by atoms with Crippen LogP contribution in [0.25, 0.3) is 0 Å². The molecule has 82 valence electrons. The smallest absolute Gasteiger partial charge is 0.0599 e. The number of anilines is 2. The number of para-hydroxylation sites is 2. The van der Waals surface area contributed by atoms with Crippen molar-refractivity contribution in [1.82, 2.24) is 0 Å². The van der Waals surface area contributed by atoms with E-state index in [2.05, 4.69) is 25.8 Å². The van der Waals surface area contributed by atoms with Crippen LogP contribution >= 0.6 is 24.8 Å². The summed E-state index contributed by atoms with van der Waals surface area (Å²) in [5.74, 6) is 0. The van der Waals surface area contributed by atoms with Gasteiger partial charge in [0.25, 0.3) is 0 Å². The third-order valence-electron chi connectivity index (χ3n) is 2.09. The molecule has 0 aliphatic carbocycles. The summed E-state index contributed by atoms with van der Waals surface area (Å²) in [6.07, 6.45) is 0. The Labute approximate surface area is 98.3 Å². The molecule has 0 aromatic heterocycles. The average Bonchev–Trinajstić information content (AvgIpc) is 2.04. The molecule has 0 aliphatic rings. The van der Waals surface area contributed by atoms with Crippen molar-refractivity contribution >= 4 is 36.2 Å². The Bertz CT molecular complexity index is 264. The molecule has 0 fully saturated rings. The number of nitrogens with zero attached hydrogens (tertiary/aromatic N) is 1. The van der Waals surface area contributed by atoms with Crippen molar-refractivity contribution in [1.29, 1.82) is 0 Å². The maximum absolute atomic E-state index is 5.82. The lowest BCUT2D eigenvalue weighted by Crippen LogP contribution is -2.26. The van der Waals surface area contributed by atoms with E-state index in [1.54, 1.807) is 0 Å². The van der Waals surface area contributed by atoms with Crippen LogP contribution in [0.5, 0.6) is 0 Å². The molecule has 4 heteroatoms. The lowest BCUT2D eigenvalue weighted by molar-refractivity contribution is 0.756. The molecule has 0 aliphatic heterocycles. The monoisotopic (exact) mass is 236 g/mol. The molecule has 0 atom stereocenters. The highest BCUT2D eigenvalue weighted by Crippen LogP contribution is 2.22. The highest BCUT2D eigenvalue weighted by atomic mass is 35.5. The topological polar surface area (TPSA) is 29.3 Å². The Balaban J connectivity index is 0. The molecular formula is C10H18Cl2N2. The largest absolute Gasteiger partial charge is 0.397 e. The van der Waals surface area contributed by atoms with Crippen LogP contribution in [0.2, 0.25) is 0 Å². The van der Waals surface area contributed by atoms with Crippen LogP contribution in [0.4, 0.5) is 11.4 Å². The average molecular weight is 237 g/mol. The maximum Gasteiger partial charge on any atom is 0.0599 e. The van der Waals surface area contributed by atoms with Gasteiger partial charge in [0, 0.05) is 13.1 Å². The fourth-order valence-corrected chi connectivity index (χ4v) is 1.09. The van der Waals surface area contributed by atoms with E-state index < -0.39 is 0 Å². The lowest BCUT2D eigenvalue weighted by Gasteiger charge is -2.24. The Hall–Kier alpha value is -0.600. The number of hydrogen-bond donors (Lipinski definition) is 1. The van der Waals surface area contributed by atoms with Gasteiger partial charge in [-0.3, -0.25) is 0 Å². The minimum absolute atomic E-state index is 0. The van der Waals surface area contributed by atoms with Gasteiger partial charge in [-0.25, -0.2) is 0 Å². The number of rotatable bonds is 2. The van der Waals surface area contributed by atoms with Gasteiger partial charge < -0.3 is 10.6 Å². The third kappa shape index (κ3) is 3.64. The van der Waals surface area contributed by atoms with Gasteiger partial charge in [0.05, 0.1) is 11.4 Å². The van der Waals surface area contributed by atoms with E-state index in [1.165, 1.54) is 0 Å². The van der Waals surface area contributed by atoms with Crippen LogP contribution in [0.15, 0.2) is 24.3 Å². The number of nitrogens with two attached hydrogens (primary N) is 1. The molecule has 1 aromatic rings. The van der Waals surface area contributed by atoms with Crippen molar-refractivity contribution in [3.05, 3.63) is 24.3 Å². The Morgan fingerprint density at radius 2 is 1.64 bits per heavy atom. The molecule has 0 saturated carbocycles. The molecule has 1 aromatic carbocycles. The maximum atomic E-state index is 5.82. The molecule has 0 heterocycles. The highest BCUT2D eigenvalue weighted by Gasteiger charge is 2.06. The van der Waals surface area contributed by atoms with Gasteiger partial charge in [0.2, 0.25) is 0 Å². The zero-order valence-corrected chi connectivity index (χ0v) is 10.4. The molecule has 0 radical (unpaired) electrons. The van der Waals surface area contributed by atoms with Gasteiger partial charge in [-0.1, -0.05) is 12.1 Å². The SMILES string of the molecule is CC(C)N(C)c1ccccc1N.Cl.Cl. The van der Waals surface area contributed by atoms with Crippen LogP contribution in [0, 0.1) is 0 Å². The van der Waals surface area contributed by atoms with Crippen LogP contribution < -0.4 is 10.6 Å². The summed E-state index contributed by atoms with van der Waals surface area (Å²) in [6, 6.07) is 8.40. The first kappa shape index (κ1) is 15.9. The molecule has 2 nitrogen and oxygen atoms in total. The molecule has 2 N–H and O–H groups in total. The zero-order chi connectivity index (χ0) is 9.14. The van der Waals surface area contributed by atoms with E-state index in [4.69, 9.17) is 5.73 Å². The summed E-state index contributed by atoms with van der Waals surface area (Å²) >= 11 is 0. The van der Waals surface area contributed by atoms with Crippen LogP contribution in [-0.4, -0.2) is 13.1 Å². The van der Waals surface area contributed by atoms with Crippen molar-refractivity contribution < 1.29 is 0 Å². The fourth-order valence-electron chi connectivity index (χ4n) is 1.09. The fraction of sp³-hybridized carbons (Fsp3) is 0.400. The number of nitrogen functional groups attached to an aromatic ring is 1. The number of halogens is 2. The summed E-state index contributed by atoms with van der Waals surface area (Å²) in [6.45, 7) is 4.29. The van der Waals surface area contributed by atoms with E-state index >= 15 is 0 Å². The van der Waals surface area contributed by atoms with E-state index in [0.29, 0.717) is 6.04 Å². The van der Waals surface area contributed by atoms with Crippen molar-refractivity contribution in [2.45, 2.75) is 19.9 Å². The Morgan fingerprint density at radius 1 is 1.14 bits per heavy atom. The van der Waals surface area contributed by atoms with E-state index in [9.17, 15) is 0 Å². The van der Waals surface area contributed by atoms with Crippen LogP contribution in [0.3, 0.4) is 0 Å². The Kier molecular flexibility index (Phi) is 7.69. The normalized spacial score (nSPS) is 8.86. The second-order valence-electron chi connectivity index (χ2n) is 3.26. The predicted molar refractivity (Wildman–Crippen MR) is 68.9 cm³/mol. The molecule has 0 spiro atoms. The predicted octanol–water partition coefficient (Wildman–Crippen LogP) is 2.96. The second-order valence-corrected chi connectivity index (χ2v) is 3.26. The lowest BCUT2D eigenvalue weighted by atomic mass is 10.2.